The molecule has 20 heavy (non-hydrogen) atoms. The van der Waals surface area contributed by atoms with Crippen molar-refractivity contribution < 1.29 is 23.0 Å². The van der Waals surface area contributed by atoms with E-state index in [0.29, 0.717) is 6.42 Å². The highest BCUT2D eigenvalue weighted by Gasteiger charge is 2.15. The Morgan fingerprint density at radius 3 is 2.75 bits per heavy atom. The van der Waals surface area contributed by atoms with E-state index in [4.69, 9.17) is 10.5 Å². The van der Waals surface area contributed by atoms with Gasteiger partial charge in [-0.1, -0.05) is 6.08 Å². The Balaban J connectivity index is 2.86. The summed E-state index contributed by atoms with van der Waals surface area (Å²) in [5.74, 6) is -0.477. The minimum Gasteiger partial charge on any atom is -0.493 e. The van der Waals surface area contributed by atoms with Crippen LogP contribution in [0.25, 0.3) is 0 Å². The zero-order valence-electron chi connectivity index (χ0n) is 10.9. The molecule has 1 unspecified atom stereocenters. The molecule has 3 N–H and O–H groups in total. The molecule has 1 atom stereocenters. The van der Waals surface area contributed by atoms with Gasteiger partial charge >= 0.3 is 6.61 Å². The largest absolute Gasteiger partial charge is 0.493 e. The Morgan fingerprint density at radius 2 is 2.20 bits per heavy atom. The number of hydrogen-bond acceptors (Lipinski definition) is 4. The molecule has 0 aromatic heterocycles. The Labute approximate surface area is 115 Å². The van der Waals surface area contributed by atoms with Gasteiger partial charge in [-0.05, 0) is 18.6 Å². The first-order chi connectivity index (χ1) is 9.47. The van der Waals surface area contributed by atoms with Crippen molar-refractivity contribution in [2.24, 2.45) is 5.73 Å². The third-order valence-corrected chi connectivity index (χ3v) is 2.40. The van der Waals surface area contributed by atoms with Crippen molar-refractivity contribution in [1.29, 1.82) is 0 Å². The van der Waals surface area contributed by atoms with Gasteiger partial charge in [-0.25, -0.2) is 0 Å². The van der Waals surface area contributed by atoms with Crippen molar-refractivity contribution in [2.45, 2.75) is 19.1 Å². The van der Waals surface area contributed by atoms with Crippen LogP contribution in [-0.2, 0) is 4.79 Å². The summed E-state index contributed by atoms with van der Waals surface area (Å²) < 4.78 is 33.7. The van der Waals surface area contributed by atoms with Crippen molar-refractivity contribution in [3.05, 3.63) is 30.9 Å². The number of benzene rings is 1. The van der Waals surface area contributed by atoms with Gasteiger partial charge < -0.3 is 20.5 Å². The summed E-state index contributed by atoms with van der Waals surface area (Å²) in [5, 5.41) is 2.50. The molecule has 0 radical (unpaired) electrons. The topological polar surface area (TPSA) is 73.6 Å². The first kappa shape index (κ1) is 15.9. The summed E-state index contributed by atoms with van der Waals surface area (Å²) >= 11 is 0. The molecule has 110 valence electrons. The maximum atomic E-state index is 12.3. The molecular weight excluding hydrogens is 270 g/mol. The summed E-state index contributed by atoms with van der Waals surface area (Å²) in [4.78, 5) is 11.7. The van der Waals surface area contributed by atoms with Gasteiger partial charge in [-0.3, -0.25) is 4.79 Å². The molecule has 0 fully saturated rings. The Morgan fingerprint density at radius 1 is 1.50 bits per heavy atom. The van der Waals surface area contributed by atoms with Gasteiger partial charge in [-0.2, -0.15) is 8.78 Å². The average Bonchev–Trinajstić information content (AvgIpc) is 2.38. The van der Waals surface area contributed by atoms with Gasteiger partial charge in [0.05, 0.1) is 13.2 Å². The van der Waals surface area contributed by atoms with Gasteiger partial charge in [0.2, 0.25) is 5.91 Å². The number of ether oxygens (including phenoxy) is 2. The number of carbonyl (C=O) groups is 1. The van der Waals surface area contributed by atoms with E-state index in [2.05, 4.69) is 16.6 Å². The molecule has 0 saturated heterocycles. The average molecular weight is 286 g/mol. The third-order valence-electron chi connectivity index (χ3n) is 2.40. The number of alkyl halides is 2. The second kappa shape index (κ2) is 7.44. The lowest BCUT2D eigenvalue weighted by Gasteiger charge is -2.14. The van der Waals surface area contributed by atoms with Crippen molar-refractivity contribution >= 4 is 11.6 Å². The second-order valence-electron chi connectivity index (χ2n) is 3.86. The van der Waals surface area contributed by atoms with Crippen molar-refractivity contribution in [3.8, 4) is 11.5 Å². The van der Waals surface area contributed by atoms with E-state index in [-0.39, 0.29) is 17.2 Å². The number of methoxy groups -OCH3 is 1. The molecule has 1 rings (SSSR count). The smallest absolute Gasteiger partial charge is 0.387 e. The lowest BCUT2D eigenvalue weighted by molar-refractivity contribution is -0.117. The zero-order valence-corrected chi connectivity index (χ0v) is 10.9. The predicted octanol–water partition coefficient (Wildman–Crippen LogP) is 2.14. The standard InChI is InChI=1S/C13H16F2N2O3/c1-3-4-9(16)12(18)17-8-5-6-10(19-2)11(7-8)20-13(14)15/h3,5-7,9,13H,1,4,16H2,2H3,(H,17,18). The van der Waals surface area contributed by atoms with E-state index >= 15 is 0 Å². The third kappa shape index (κ3) is 4.51. The lowest BCUT2D eigenvalue weighted by Crippen LogP contribution is -2.35. The molecular formula is C13H16F2N2O3. The number of rotatable bonds is 7. The number of anilines is 1. The molecule has 0 bridgehead atoms. The van der Waals surface area contributed by atoms with E-state index in [1.807, 2.05) is 0 Å². The molecule has 0 aliphatic heterocycles. The van der Waals surface area contributed by atoms with Crippen LogP contribution in [0.5, 0.6) is 11.5 Å². The van der Waals surface area contributed by atoms with Gasteiger partial charge in [0.1, 0.15) is 0 Å². The van der Waals surface area contributed by atoms with E-state index in [1.165, 1.54) is 31.4 Å². The maximum Gasteiger partial charge on any atom is 0.387 e. The van der Waals surface area contributed by atoms with E-state index in [1.54, 1.807) is 0 Å². The predicted molar refractivity (Wildman–Crippen MR) is 71.0 cm³/mol. The Hall–Kier alpha value is -2.15. The number of nitrogens with two attached hydrogens (primary N) is 1. The molecule has 0 saturated carbocycles. The van der Waals surface area contributed by atoms with E-state index < -0.39 is 18.6 Å². The van der Waals surface area contributed by atoms with Crippen LogP contribution in [0.4, 0.5) is 14.5 Å². The molecule has 5 nitrogen and oxygen atoms in total. The number of hydrogen-bond donors (Lipinski definition) is 2. The first-order valence-corrected chi connectivity index (χ1v) is 5.78. The van der Waals surface area contributed by atoms with Crippen molar-refractivity contribution in [3.63, 3.8) is 0 Å². The monoisotopic (exact) mass is 286 g/mol. The van der Waals surface area contributed by atoms with Crippen LogP contribution in [0.2, 0.25) is 0 Å². The molecule has 0 aliphatic carbocycles. The summed E-state index contributed by atoms with van der Waals surface area (Å²) in [5.41, 5.74) is 5.87. The second-order valence-corrected chi connectivity index (χ2v) is 3.86. The fourth-order valence-corrected chi connectivity index (χ4v) is 1.46. The minimum absolute atomic E-state index is 0.138. The van der Waals surface area contributed by atoms with Crippen molar-refractivity contribution in [1.82, 2.24) is 0 Å². The molecule has 0 spiro atoms. The summed E-state index contributed by atoms with van der Waals surface area (Å²) in [6.45, 7) is 0.492. The van der Waals surface area contributed by atoms with Gasteiger partial charge in [0.15, 0.2) is 11.5 Å². The summed E-state index contributed by atoms with van der Waals surface area (Å²) in [6.07, 6.45) is 1.83. The van der Waals surface area contributed by atoms with E-state index in [0.717, 1.165) is 0 Å². The van der Waals surface area contributed by atoms with Crippen LogP contribution in [0.15, 0.2) is 30.9 Å². The number of nitrogens with one attached hydrogen (secondary N) is 1. The molecule has 7 heteroatoms. The Bertz CT molecular complexity index is 481. The highest BCUT2D eigenvalue weighted by atomic mass is 19.3. The fraction of sp³-hybridized carbons (Fsp3) is 0.308. The van der Waals surface area contributed by atoms with Crippen LogP contribution in [0.3, 0.4) is 0 Å². The lowest BCUT2D eigenvalue weighted by atomic mass is 10.2. The van der Waals surface area contributed by atoms with Crippen LogP contribution < -0.4 is 20.5 Å². The highest BCUT2D eigenvalue weighted by Crippen LogP contribution is 2.31. The minimum atomic E-state index is -2.99. The number of carbonyl (C=O) groups excluding carboxylic acids is 1. The zero-order chi connectivity index (χ0) is 15.1. The van der Waals surface area contributed by atoms with Gasteiger partial charge in [0, 0.05) is 11.8 Å². The quantitative estimate of drug-likeness (QED) is 0.753. The molecule has 0 heterocycles. The highest BCUT2D eigenvalue weighted by molar-refractivity contribution is 5.95. The maximum absolute atomic E-state index is 12.3. The normalized spacial score (nSPS) is 11.8. The van der Waals surface area contributed by atoms with Gasteiger partial charge in [-0.15, -0.1) is 6.58 Å². The van der Waals surface area contributed by atoms with Crippen LogP contribution in [0, 0.1) is 0 Å². The molecule has 0 aliphatic rings. The van der Waals surface area contributed by atoms with Crippen LogP contribution >= 0.6 is 0 Å². The molecule has 1 aromatic carbocycles. The fourth-order valence-electron chi connectivity index (χ4n) is 1.46. The number of amides is 1. The van der Waals surface area contributed by atoms with Gasteiger partial charge in [0.25, 0.3) is 0 Å². The first-order valence-electron chi connectivity index (χ1n) is 5.78. The van der Waals surface area contributed by atoms with Crippen molar-refractivity contribution in [2.75, 3.05) is 12.4 Å². The summed E-state index contributed by atoms with van der Waals surface area (Å²) in [6, 6.07) is 3.39. The van der Waals surface area contributed by atoms with E-state index in [9.17, 15) is 13.6 Å². The molecule has 1 aromatic rings. The Kier molecular flexibility index (Phi) is 5.92. The van der Waals surface area contributed by atoms with Crippen LogP contribution in [-0.4, -0.2) is 25.7 Å². The van der Waals surface area contributed by atoms with Crippen LogP contribution in [0.1, 0.15) is 6.42 Å². The number of halogens is 2. The molecule has 1 amide bonds. The summed E-state index contributed by atoms with van der Waals surface area (Å²) in [7, 11) is 1.33. The SMILES string of the molecule is C=CCC(N)C(=O)Nc1ccc(OC)c(OC(F)F)c1.